The SMILES string of the molecule is CC(=O)C1CO[Si]2(C)OCCN1CCO2.CC(C)C[Si]12OCCN(CCO1)CCO2.CC1CN2CCO[Si](C)(OCC2)O1.CCC1CN2CCO[Si](CC)(OCC2)O1.CCCCCCCC[Si]12OCCN(CCO1)CCO2.CCC[Si]12OCCN(CCO1)CCO2.CC[Si]12OCCN(CCO1)CC(C)O2.C[Si]12CCCN(CCO1)CCO2.c1ccc([Si]23OCCN(CCO2)CCO3)cc1. The lowest BCUT2D eigenvalue weighted by molar-refractivity contribution is -0.127. The van der Waals surface area contributed by atoms with Gasteiger partial charge in [0.1, 0.15) is 5.78 Å². The fraction of sp³-hybridized carbons (Fsp3) is 0.921. The summed E-state index contributed by atoms with van der Waals surface area (Å²) in [4.78, 5) is 32.4. The number of carbonyl (C=O) groups excluding carboxylic acids is 1. The van der Waals surface area contributed by atoms with Crippen LogP contribution in [0.2, 0.25) is 55.9 Å². The van der Waals surface area contributed by atoms with E-state index in [1.165, 1.54) is 57.5 Å². The zero-order valence-corrected chi connectivity index (χ0v) is 93.6. The number of nitrogens with zero attached hydrogens (tertiary/aromatic N) is 9. The molecule has 0 amide bonds. The summed E-state index contributed by atoms with van der Waals surface area (Å²) < 4.78 is 152. The quantitative estimate of drug-likeness (QED) is 0.115. The molecule has 27 aliphatic heterocycles. The number of hydrogen-bond acceptors (Lipinski definition) is 36. The van der Waals surface area contributed by atoms with Gasteiger partial charge in [0.05, 0.1) is 163 Å². The molecular weight excluding hydrogens is 1880 g/mol. The highest BCUT2D eigenvalue weighted by Crippen LogP contribution is 2.31. The van der Waals surface area contributed by atoms with Crippen molar-refractivity contribution in [3.8, 4) is 0 Å². The minimum Gasteiger partial charge on any atom is -0.393 e. The van der Waals surface area contributed by atoms with Gasteiger partial charge in [-0.15, -0.1) is 0 Å². The highest BCUT2D eigenvalue weighted by atomic mass is 28.4. The van der Waals surface area contributed by atoms with Crippen LogP contribution >= 0.6 is 0 Å². The van der Waals surface area contributed by atoms with Crippen molar-refractivity contribution in [1.82, 2.24) is 44.1 Å². The molecule has 45 heteroatoms. The van der Waals surface area contributed by atoms with Crippen molar-refractivity contribution in [1.29, 1.82) is 0 Å². The molecule has 0 N–H and O–H groups in total. The van der Waals surface area contributed by atoms with Gasteiger partial charge in [0, 0.05) is 225 Å². The topological polar surface area (TPSA) is 286 Å². The van der Waals surface area contributed by atoms with E-state index < -0.39 is 79.0 Å². The van der Waals surface area contributed by atoms with Crippen molar-refractivity contribution >= 4 is 90.0 Å². The Hall–Kier alpha value is -0.558. The second-order valence-corrected chi connectivity index (χ2v) is 63.0. The number of fused-ring (bicyclic) bond motifs is 54. The van der Waals surface area contributed by atoms with E-state index in [-0.39, 0.29) is 30.1 Å². The molecular formula is C89H177N9O27Si9. The standard InChI is InChI=1S/C14H29NO3Si.C12H17NO3Si.2C10H21NO3Si.C9H17NO4Si.2C9H19NO3Si.C8H17NO3Si.C8H17NO2Si/c1-2-3-4-5-6-7-14-19-16-11-8-15(9-12-17-19)10-13-18-19;1-2-4-12(5-3-1)17-14-9-6-13(7-10-15-17)8-11-16-17;1-10(2)9-15-12-6-3-11(4-7-13-15)5-8-14-15;1-3-10-9-11-5-7-12-15(4-2,14-10)13-8-6-11;1-8(11)9-7-14-15(2)12-5-3-10(9)4-6-13-15;1-3-14-11-6-4-10(5-7-12-14)8-9(2)13-14;1-2-9-14-11-6-3-10(4-7-12-14)5-8-13-14;1-8-7-9-3-5-10-13(2,12-8)11-6-4-9;1-12-8-2-3-9(4-6-10-12)5-7-11-12/h2-14H2,1H3;1-5H,6-11H2;2*10H,3-9H2,1-2H3;9H,3-7H2,1-2H3;9H,3-8H2,1-2H3;2-9H2,1H3;8H,3-7H2,1-2H3;2-8H2,1H3. The Bertz CT molecular complexity index is 3210. The second-order valence-electron chi connectivity index (χ2n) is 38.1. The molecule has 1 aromatic rings. The molecule has 27 heterocycles. The van der Waals surface area contributed by atoms with E-state index in [0.29, 0.717) is 45.6 Å². The number of hydrogen-bond donors (Lipinski definition) is 0. The zero-order valence-electron chi connectivity index (χ0n) is 84.6. The maximum absolute atomic E-state index is 11.5. The molecule has 776 valence electrons. The van der Waals surface area contributed by atoms with E-state index in [4.69, 9.17) is 115 Å². The number of unbranched alkanes of at least 4 members (excludes halogenated alkanes) is 5. The van der Waals surface area contributed by atoms with Crippen molar-refractivity contribution < 1.29 is 120 Å². The average molecular weight is 2060 g/mol. The number of carbonyl (C=O) groups is 1. The van der Waals surface area contributed by atoms with E-state index >= 15 is 0 Å². The number of ketones is 1. The summed E-state index contributed by atoms with van der Waals surface area (Å²) in [7, 11) is -20.6. The van der Waals surface area contributed by atoms with Crippen molar-refractivity contribution in [2.45, 2.75) is 207 Å². The predicted molar refractivity (Wildman–Crippen MR) is 529 cm³/mol. The van der Waals surface area contributed by atoms with Crippen LogP contribution in [0, 0.1) is 5.92 Å². The summed E-state index contributed by atoms with van der Waals surface area (Å²) in [5.41, 5.74) is 0. The summed E-state index contributed by atoms with van der Waals surface area (Å²) in [6.07, 6.45) is 12.0. The van der Waals surface area contributed by atoms with E-state index in [2.05, 4.69) is 113 Å². The van der Waals surface area contributed by atoms with Crippen molar-refractivity contribution in [2.24, 2.45) is 5.92 Å². The minimum atomic E-state index is -2.63. The Labute approximate surface area is 814 Å². The van der Waals surface area contributed by atoms with Crippen LogP contribution in [0.3, 0.4) is 0 Å². The fourth-order valence-electron chi connectivity index (χ4n) is 19.1. The number of benzene rings is 1. The van der Waals surface area contributed by atoms with Gasteiger partial charge in [0.2, 0.25) is 0 Å². The van der Waals surface area contributed by atoms with Crippen LogP contribution in [0.25, 0.3) is 0 Å². The summed E-state index contributed by atoms with van der Waals surface area (Å²) >= 11 is 0. The molecule has 4 unspecified atom stereocenters. The van der Waals surface area contributed by atoms with Crippen molar-refractivity contribution in [2.75, 3.05) is 322 Å². The smallest absolute Gasteiger partial charge is 0.393 e. The fourth-order valence-corrected chi connectivity index (χ4v) is 39.9. The first-order valence-corrected chi connectivity index (χ1v) is 70.1. The molecule has 0 saturated carbocycles. The molecule has 18 bridgehead atoms. The third-order valence-electron chi connectivity index (χ3n) is 26.9. The lowest BCUT2D eigenvalue weighted by Gasteiger charge is -2.41. The van der Waals surface area contributed by atoms with Crippen LogP contribution < -0.4 is 5.19 Å². The first kappa shape index (κ1) is 114. The summed E-state index contributed by atoms with van der Waals surface area (Å²) in [5, 5.41) is 1.08. The van der Waals surface area contributed by atoms with Crippen LogP contribution in [0.1, 0.15) is 127 Å². The van der Waals surface area contributed by atoms with E-state index in [1.807, 2.05) is 43.4 Å². The third kappa shape index (κ3) is 38.4. The molecule has 27 saturated heterocycles. The highest BCUT2D eigenvalue weighted by molar-refractivity contribution is 6.75. The largest absolute Gasteiger partial charge is 0.537 e. The Balaban J connectivity index is 0.000000145. The second kappa shape index (κ2) is 59.3. The summed E-state index contributed by atoms with van der Waals surface area (Å²) in [6, 6.07) is 15.9. The molecule has 27 fully saturated rings. The molecule has 0 radical (unpaired) electrons. The molecule has 36 nitrogen and oxygen atoms in total. The Kier molecular flexibility index (Phi) is 50.3. The Morgan fingerprint density at radius 1 is 0.343 bits per heavy atom. The molecule has 0 aliphatic carbocycles. The lowest BCUT2D eigenvalue weighted by atomic mass is 10.1. The Morgan fingerprint density at radius 3 is 1.10 bits per heavy atom. The van der Waals surface area contributed by atoms with Gasteiger partial charge in [-0.05, 0) is 65.1 Å². The maximum Gasteiger partial charge on any atom is 0.537 e. The van der Waals surface area contributed by atoms with Gasteiger partial charge in [0.25, 0.3) is 0 Å². The van der Waals surface area contributed by atoms with Gasteiger partial charge < -0.3 is 115 Å². The van der Waals surface area contributed by atoms with E-state index in [1.54, 1.807) is 6.92 Å². The lowest BCUT2D eigenvalue weighted by Crippen LogP contribution is -2.62. The van der Waals surface area contributed by atoms with Crippen LogP contribution in [0.15, 0.2) is 30.3 Å². The van der Waals surface area contributed by atoms with Crippen LogP contribution in [-0.2, 0) is 120 Å². The third-order valence-corrected chi connectivity index (χ3v) is 52.0. The average Bonchev–Trinajstić information content (AvgIpc) is 0.796. The molecule has 0 spiro atoms. The number of rotatable bonds is 16. The molecule has 27 aliphatic rings. The maximum atomic E-state index is 11.5. The molecule has 0 aromatic heterocycles. The summed E-state index contributed by atoms with van der Waals surface area (Å²) in [6.45, 7) is 70.4. The van der Waals surface area contributed by atoms with Gasteiger partial charge in [-0.3, -0.25) is 48.9 Å². The van der Waals surface area contributed by atoms with Gasteiger partial charge in [-0.2, -0.15) is 0 Å². The van der Waals surface area contributed by atoms with Gasteiger partial charge >= 0.3 is 79.0 Å². The van der Waals surface area contributed by atoms with Crippen LogP contribution in [0.5, 0.6) is 0 Å². The minimum absolute atomic E-state index is 0.121. The molecule has 134 heavy (non-hydrogen) atoms. The van der Waals surface area contributed by atoms with E-state index in [9.17, 15) is 4.79 Å². The normalized spacial score (nSPS) is 39.4. The first-order valence-electron chi connectivity index (χ1n) is 51.7. The molecule has 4 atom stereocenters. The first-order chi connectivity index (χ1) is 64.9. The van der Waals surface area contributed by atoms with E-state index in [0.717, 1.165) is 324 Å². The van der Waals surface area contributed by atoms with Crippen LogP contribution in [-0.4, -0.2) is 475 Å². The monoisotopic (exact) mass is 2060 g/mol. The molecule has 28 rings (SSSR count). The van der Waals surface area contributed by atoms with Crippen LogP contribution in [0.4, 0.5) is 0 Å². The van der Waals surface area contributed by atoms with Gasteiger partial charge in [0.15, 0.2) is 0 Å². The van der Waals surface area contributed by atoms with Crippen molar-refractivity contribution in [3.63, 3.8) is 0 Å². The van der Waals surface area contributed by atoms with Gasteiger partial charge in [-0.25, -0.2) is 0 Å². The predicted octanol–water partition coefficient (Wildman–Crippen LogP) is 7.39. The van der Waals surface area contributed by atoms with Crippen molar-refractivity contribution in [3.05, 3.63) is 30.3 Å². The number of Topliss-reactive ketones (excluding diaryl/α,β-unsaturated/α-hetero) is 1. The zero-order chi connectivity index (χ0) is 94.9. The Morgan fingerprint density at radius 2 is 0.687 bits per heavy atom. The summed E-state index contributed by atoms with van der Waals surface area (Å²) in [5.74, 6) is 0.738. The molecule has 1 aromatic carbocycles. The highest BCUT2D eigenvalue weighted by Gasteiger charge is 2.52. The van der Waals surface area contributed by atoms with Gasteiger partial charge in [-0.1, -0.05) is 117 Å².